The molecular weight excluding hydrogens is 237 g/mol. The minimum absolute atomic E-state index is 0.238. The molecule has 0 heterocycles. The van der Waals surface area contributed by atoms with Crippen molar-refractivity contribution in [3.05, 3.63) is 0 Å². The van der Waals surface area contributed by atoms with Gasteiger partial charge in [0.1, 0.15) is 0 Å². The van der Waals surface area contributed by atoms with E-state index in [1.54, 1.807) is 0 Å². The Hall–Kier alpha value is 0.530. The van der Waals surface area contributed by atoms with E-state index in [9.17, 15) is 0 Å². The normalized spacial score (nSPS) is 14.0. The minimum Gasteiger partial charge on any atom is -0.278 e. The van der Waals surface area contributed by atoms with Gasteiger partial charge >= 0.3 is 0 Å². The zero-order valence-corrected chi connectivity index (χ0v) is 9.31. The van der Waals surface area contributed by atoms with E-state index in [4.69, 9.17) is 3.56 Å². The molecule has 0 rings (SSSR count). The van der Waals surface area contributed by atoms with E-state index in [-0.39, 0.29) is 21.0 Å². The van der Waals surface area contributed by atoms with Crippen LogP contribution in [0.3, 0.4) is 0 Å². The lowest BCUT2D eigenvalue weighted by Crippen LogP contribution is -1.93. The zero-order chi connectivity index (χ0) is 7.98. The van der Waals surface area contributed by atoms with Crippen molar-refractivity contribution in [3.63, 3.8) is 0 Å². The summed E-state index contributed by atoms with van der Waals surface area (Å²) < 4.78 is 7.92. The first-order valence-corrected chi connectivity index (χ1v) is 6.28. The van der Waals surface area contributed by atoms with Crippen molar-refractivity contribution >= 4 is 21.0 Å². The van der Waals surface area contributed by atoms with Gasteiger partial charge in [-0.25, -0.2) is 0 Å². The van der Waals surface area contributed by atoms with Gasteiger partial charge in [0, 0.05) is 3.92 Å². The maximum absolute atomic E-state index is 7.20. The fourth-order valence-corrected chi connectivity index (χ4v) is 1.61. The third-order valence-electron chi connectivity index (χ3n) is 1.57. The molecule has 0 aliphatic carbocycles. The van der Waals surface area contributed by atoms with Gasteiger partial charge in [0.2, 0.25) is 0 Å². The van der Waals surface area contributed by atoms with Gasteiger partial charge in [0.05, 0.1) is 0 Å². The van der Waals surface area contributed by atoms with E-state index in [2.05, 4.69) is 20.8 Å². The van der Waals surface area contributed by atoms with Crippen molar-refractivity contribution in [1.82, 2.24) is 0 Å². The molecule has 0 aliphatic heterocycles. The minimum atomic E-state index is -0.238. The topological polar surface area (TPSA) is 23.9 Å². The molecule has 2 heteroatoms. The lowest BCUT2D eigenvalue weighted by atomic mass is 10.1. The summed E-state index contributed by atoms with van der Waals surface area (Å²) in [6.45, 7) is 6.74. The predicted molar refractivity (Wildman–Crippen MR) is 54.9 cm³/mol. The summed E-state index contributed by atoms with van der Waals surface area (Å²) in [6, 6.07) is 0. The van der Waals surface area contributed by atoms with Gasteiger partial charge in [-0.1, -0.05) is 33.6 Å². The van der Waals surface area contributed by atoms with Crippen LogP contribution in [0.4, 0.5) is 0 Å². The van der Waals surface area contributed by atoms with Crippen molar-refractivity contribution in [1.29, 1.82) is 3.56 Å². The van der Waals surface area contributed by atoms with E-state index in [1.807, 2.05) is 0 Å². The van der Waals surface area contributed by atoms with Crippen LogP contribution in [0.5, 0.6) is 0 Å². The van der Waals surface area contributed by atoms with Gasteiger partial charge in [-0.05, 0) is 33.4 Å². The number of rotatable bonds is 5. The first-order chi connectivity index (χ1) is 4.66. The lowest BCUT2D eigenvalue weighted by Gasteiger charge is -2.05. The second-order valence-corrected chi connectivity index (χ2v) is 5.96. The Balaban J connectivity index is 3.11. The van der Waals surface area contributed by atoms with E-state index in [0.29, 0.717) is 0 Å². The fraction of sp³-hybridized carbons (Fsp3) is 1.00. The third kappa shape index (κ3) is 6.65. The maximum Gasteiger partial charge on any atom is 0.0195 e. The molecule has 0 bridgehead atoms. The summed E-state index contributed by atoms with van der Waals surface area (Å²) in [7, 11) is 0. The highest BCUT2D eigenvalue weighted by atomic mass is 127. The molecule has 1 N–H and O–H groups in total. The van der Waals surface area contributed by atoms with E-state index in [1.165, 1.54) is 19.3 Å². The van der Waals surface area contributed by atoms with Gasteiger partial charge in [-0.15, -0.1) is 0 Å². The summed E-state index contributed by atoms with van der Waals surface area (Å²) in [4.78, 5) is 0. The van der Waals surface area contributed by atoms with Crippen molar-refractivity contribution in [2.45, 2.75) is 44.0 Å². The molecule has 1 nitrogen and oxygen atoms in total. The second kappa shape index (κ2) is 6.25. The predicted octanol–water partition coefficient (Wildman–Crippen LogP) is 3.93. The van der Waals surface area contributed by atoms with Crippen LogP contribution in [0.15, 0.2) is 0 Å². The molecule has 0 aromatic heterocycles. The van der Waals surface area contributed by atoms with Crippen LogP contribution >= 0.6 is 21.0 Å². The first kappa shape index (κ1) is 10.5. The highest BCUT2D eigenvalue weighted by Gasteiger charge is 1.98. The third-order valence-corrected chi connectivity index (χ3v) is 3.26. The summed E-state index contributed by atoms with van der Waals surface area (Å²) >= 11 is -0.238. The smallest absolute Gasteiger partial charge is 0.0195 e. The van der Waals surface area contributed by atoms with Crippen molar-refractivity contribution in [2.75, 3.05) is 0 Å². The molecule has 0 aromatic carbocycles. The molecule has 62 valence electrons. The van der Waals surface area contributed by atoms with Gasteiger partial charge in [-0.3, -0.25) is 3.56 Å². The Morgan fingerprint density at radius 3 is 2.20 bits per heavy atom. The molecule has 0 amide bonds. The van der Waals surface area contributed by atoms with Gasteiger partial charge in [-0.2, -0.15) is 0 Å². The summed E-state index contributed by atoms with van der Waals surface area (Å²) in [5.74, 6) is 0.844. The lowest BCUT2D eigenvalue weighted by molar-refractivity contribution is 0.540. The molecule has 0 saturated carbocycles. The quantitative estimate of drug-likeness (QED) is 0.568. The highest BCUT2D eigenvalue weighted by molar-refractivity contribution is 14.1. The molecule has 0 spiro atoms. The van der Waals surface area contributed by atoms with E-state index < -0.39 is 0 Å². The van der Waals surface area contributed by atoms with Crippen LogP contribution in [0.1, 0.15) is 40.0 Å². The number of halogens is 1. The number of alkyl halides is 1. The maximum atomic E-state index is 7.20. The average molecular weight is 255 g/mol. The van der Waals surface area contributed by atoms with Crippen molar-refractivity contribution in [2.24, 2.45) is 5.92 Å². The fourth-order valence-electron chi connectivity index (χ4n) is 0.862. The molecule has 10 heavy (non-hydrogen) atoms. The van der Waals surface area contributed by atoms with Crippen LogP contribution in [0.25, 0.3) is 0 Å². The Morgan fingerprint density at radius 2 is 1.80 bits per heavy atom. The van der Waals surface area contributed by atoms with Gasteiger partial charge in [0.15, 0.2) is 0 Å². The molecule has 0 aromatic rings. The summed E-state index contributed by atoms with van der Waals surface area (Å²) in [5, 5.41) is 0. The first-order valence-electron chi connectivity index (χ1n) is 3.96. The van der Waals surface area contributed by atoms with Crippen LogP contribution in [0, 0.1) is 9.48 Å². The monoisotopic (exact) mass is 255 g/mol. The molecule has 0 aliphatic rings. The number of nitrogens with one attached hydrogen (secondary N) is 1. The molecule has 1 unspecified atom stereocenters. The number of hydrogen-bond acceptors (Lipinski definition) is 1. The van der Waals surface area contributed by atoms with Crippen molar-refractivity contribution in [3.8, 4) is 0 Å². The standard InChI is InChI=1S/C8H18IN/c1-7(2)5-4-6-8(3)9-10/h7-8,10H,4-6H2,1-3H3. The van der Waals surface area contributed by atoms with E-state index >= 15 is 0 Å². The Kier molecular flexibility index (Phi) is 6.59. The second-order valence-electron chi connectivity index (χ2n) is 3.21. The highest BCUT2D eigenvalue weighted by Crippen LogP contribution is 2.16. The van der Waals surface area contributed by atoms with Gasteiger partial charge in [0.25, 0.3) is 0 Å². The van der Waals surface area contributed by atoms with Crippen LogP contribution in [0.2, 0.25) is 0 Å². The van der Waals surface area contributed by atoms with E-state index in [0.717, 1.165) is 9.84 Å². The van der Waals surface area contributed by atoms with Crippen LogP contribution in [-0.2, 0) is 0 Å². The van der Waals surface area contributed by atoms with Crippen LogP contribution < -0.4 is 0 Å². The average Bonchev–Trinajstić information content (AvgIpc) is 1.87. The Labute approximate surface area is 74.5 Å². The van der Waals surface area contributed by atoms with Gasteiger partial charge < -0.3 is 0 Å². The molecule has 0 fully saturated rings. The van der Waals surface area contributed by atoms with Crippen LogP contribution in [-0.4, -0.2) is 3.92 Å². The van der Waals surface area contributed by atoms with Crippen molar-refractivity contribution < 1.29 is 0 Å². The molecule has 0 saturated heterocycles. The Bertz CT molecular complexity index is 91.3. The largest absolute Gasteiger partial charge is 0.278 e. The molecule has 1 atom stereocenters. The summed E-state index contributed by atoms with van der Waals surface area (Å²) in [5.41, 5.74) is 0. The Morgan fingerprint density at radius 1 is 1.20 bits per heavy atom. The molecule has 0 radical (unpaired) electrons. The number of hydrogen-bond donors (Lipinski definition) is 1. The molecular formula is C8H18IN. The SMILES string of the molecule is CC(C)CCCC(C)I=N. The zero-order valence-electron chi connectivity index (χ0n) is 7.15. The summed E-state index contributed by atoms with van der Waals surface area (Å²) in [6.07, 6.45) is 3.96.